The van der Waals surface area contributed by atoms with Gasteiger partial charge in [0.25, 0.3) is 0 Å². The standard InChI is InChI=1S/C25H32FNO5/c1-2-3-4-5-6-7-8-12-19-31-21-17-15-20(16-18-21)27-23(28)25(26,24(29)30)32-22-13-10-9-11-14-22/h9-11,13-18H,2-8,12,19H2,1H3,(H,27,28)(H,29,30). The van der Waals surface area contributed by atoms with Gasteiger partial charge in [0.1, 0.15) is 11.5 Å². The van der Waals surface area contributed by atoms with Crippen LogP contribution in [-0.4, -0.2) is 29.4 Å². The molecule has 174 valence electrons. The molecule has 0 saturated carbocycles. The van der Waals surface area contributed by atoms with E-state index in [2.05, 4.69) is 12.2 Å². The molecule has 0 aliphatic carbocycles. The van der Waals surface area contributed by atoms with Crippen LogP contribution < -0.4 is 14.8 Å². The van der Waals surface area contributed by atoms with E-state index >= 15 is 0 Å². The fourth-order valence-electron chi connectivity index (χ4n) is 3.11. The summed E-state index contributed by atoms with van der Waals surface area (Å²) in [5.74, 6) is -6.48. The van der Waals surface area contributed by atoms with Crippen LogP contribution in [0.25, 0.3) is 0 Å². The lowest BCUT2D eigenvalue weighted by molar-refractivity contribution is -0.178. The number of para-hydroxylation sites is 1. The van der Waals surface area contributed by atoms with Crippen molar-refractivity contribution in [3.8, 4) is 11.5 Å². The van der Waals surface area contributed by atoms with Gasteiger partial charge in [0.05, 0.1) is 6.61 Å². The van der Waals surface area contributed by atoms with Gasteiger partial charge in [-0.3, -0.25) is 4.79 Å². The Kier molecular flexibility index (Phi) is 10.5. The van der Waals surface area contributed by atoms with Crippen molar-refractivity contribution < 1.29 is 28.6 Å². The SMILES string of the molecule is CCCCCCCCCCOc1ccc(NC(=O)C(F)(Oc2ccccc2)C(=O)O)cc1. The number of carbonyl (C=O) groups is 2. The summed E-state index contributed by atoms with van der Waals surface area (Å²) in [6.07, 6.45) is 9.72. The first-order chi connectivity index (χ1) is 15.5. The fraction of sp³-hybridized carbons (Fsp3) is 0.440. The molecule has 2 N–H and O–H groups in total. The van der Waals surface area contributed by atoms with E-state index in [0.717, 1.165) is 12.8 Å². The third-order valence-electron chi connectivity index (χ3n) is 4.95. The highest BCUT2D eigenvalue weighted by Crippen LogP contribution is 2.23. The summed E-state index contributed by atoms with van der Waals surface area (Å²) in [6.45, 7) is 2.81. The second-order valence-electron chi connectivity index (χ2n) is 7.62. The Morgan fingerprint density at radius 3 is 2.06 bits per heavy atom. The molecule has 0 fully saturated rings. The van der Waals surface area contributed by atoms with Crippen molar-refractivity contribution in [1.82, 2.24) is 0 Å². The first kappa shape index (κ1) is 25.2. The Morgan fingerprint density at radius 1 is 0.875 bits per heavy atom. The quantitative estimate of drug-likeness (QED) is 0.260. The summed E-state index contributed by atoms with van der Waals surface area (Å²) in [4.78, 5) is 23.7. The molecule has 7 heteroatoms. The number of carbonyl (C=O) groups excluding carboxylic acids is 1. The Bertz CT molecular complexity index is 828. The predicted molar refractivity (Wildman–Crippen MR) is 122 cm³/mol. The molecular formula is C25H32FNO5. The van der Waals surface area contributed by atoms with Crippen molar-refractivity contribution in [1.29, 1.82) is 0 Å². The maximum atomic E-state index is 14.9. The molecule has 32 heavy (non-hydrogen) atoms. The van der Waals surface area contributed by atoms with Gasteiger partial charge in [0.2, 0.25) is 0 Å². The van der Waals surface area contributed by atoms with Crippen molar-refractivity contribution in [2.75, 3.05) is 11.9 Å². The van der Waals surface area contributed by atoms with Crippen LogP contribution in [-0.2, 0) is 9.59 Å². The van der Waals surface area contributed by atoms with E-state index in [9.17, 15) is 19.1 Å². The number of unbranched alkanes of at least 4 members (excludes halogenated alkanes) is 7. The summed E-state index contributed by atoms with van der Waals surface area (Å²) < 4.78 is 25.4. The predicted octanol–water partition coefficient (Wildman–Crippen LogP) is 5.97. The Labute approximate surface area is 188 Å². The number of carboxylic acid groups (broad SMARTS) is 1. The van der Waals surface area contributed by atoms with E-state index < -0.39 is 17.7 Å². The first-order valence-corrected chi connectivity index (χ1v) is 11.2. The zero-order valence-corrected chi connectivity index (χ0v) is 18.5. The monoisotopic (exact) mass is 445 g/mol. The number of hydrogen-bond acceptors (Lipinski definition) is 4. The molecule has 6 nitrogen and oxygen atoms in total. The maximum absolute atomic E-state index is 14.9. The van der Waals surface area contributed by atoms with Gasteiger partial charge in [-0.2, -0.15) is 4.39 Å². The molecule has 0 heterocycles. The second-order valence-corrected chi connectivity index (χ2v) is 7.62. The molecule has 2 aromatic carbocycles. The van der Waals surface area contributed by atoms with Crippen molar-refractivity contribution in [2.45, 2.75) is 64.1 Å². The topological polar surface area (TPSA) is 84.9 Å². The third-order valence-corrected chi connectivity index (χ3v) is 4.95. The lowest BCUT2D eigenvalue weighted by Crippen LogP contribution is -2.50. The minimum Gasteiger partial charge on any atom is -0.494 e. The molecule has 0 spiro atoms. The smallest absolute Gasteiger partial charge is 0.425 e. The zero-order valence-electron chi connectivity index (χ0n) is 18.5. The molecule has 0 aliphatic rings. The number of alkyl halides is 1. The molecule has 0 saturated heterocycles. The molecule has 1 unspecified atom stereocenters. The molecule has 1 amide bonds. The van der Waals surface area contributed by atoms with Gasteiger partial charge in [0.15, 0.2) is 0 Å². The van der Waals surface area contributed by atoms with Gasteiger partial charge in [-0.1, -0.05) is 70.1 Å². The summed E-state index contributed by atoms with van der Waals surface area (Å²) >= 11 is 0. The van der Waals surface area contributed by atoms with Crippen LogP contribution in [0.3, 0.4) is 0 Å². The van der Waals surface area contributed by atoms with E-state index in [1.807, 2.05) is 0 Å². The van der Waals surface area contributed by atoms with E-state index in [-0.39, 0.29) is 11.4 Å². The van der Waals surface area contributed by atoms with Crippen LogP contribution in [0.5, 0.6) is 11.5 Å². The minimum absolute atomic E-state index is 0.0720. The van der Waals surface area contributed by atoms with E-state index in [1.54, 1.807) is 30.3 Å². The van der Waals surface area contributed by atoms with Gasteiger partial charge >= 0.3 is 17.7 Å². The highest BCUT2D eigenvalue weighted by atomic mass is 19.2. The average molecular weight is 446 g/mol. The number of anilines is 1. The van der Waals surface area contributed by atoms with Crippen molar-refractivity contribution in [3.05, 3.63) is 54.6 Å². The van der Waals surface area contributed by atoms with Gasteiger partial charge in [-0.05, 0) is 42.8 Å². The zero-order chi connectivity index (χ0) is 23.2. The molecule has 2 aromatic rings. The second kappa shape index (κ2) is 13.3. The van der Waals surface area contributed by atoms with Crippen LogP contribution in [0.1, 0.15) is 58.3 Å². The molecule has 0 aliphatic heterocycles. The van der Waals surface area contributed by atoms with Gasteiger partial charge in [-0.25, -0.2) is 4.79 Å². The number of benzene rings is 2. The van der Waals surface area contributed by atoms with Gasteiger partial charge in [-0.15, -0.1) is 0 Å². The van der Waals surface area contributed by atoms with Gasteiger partial charge in [0, 0.05) is 5.69 Å². The van der Waals surface area contributed by atoms with E-state index in [0.29, 0.717) is 12.4 Å². The number of amides is 1. The van der Waals surface area contributed by atoms with Crippen LogP contribution in [0, 0.1) is 0 Å². The first-order valence-electron chi connectivity index (χ1n) is 11.2. The number of nitrogens with one attached hydrogen (secondary N) is 1. The van der Waals surface area contributed by atoms with Crippen LogP contribution >= 0.6 is 0 Å². The Balaban J connectivity index is 1.78. The number of carboxylic acids is 1. The Hall–Kier alpha value is -3.09. The number of aliphatic carboxylic acids is 1. The van der Waals surface area contributed by atoms with E-state index in [1.165, 1.54) is 62.8 Å². The number of rotatable bonds is 15. The lowest BCUT2D eigenvalue weighted by atomic mass is 10.1. The highest BCUT2D eigenvalue weighted by molar-refractivity contribution is 6.10. The summed E-state index contributed by atoms with van der Waals surface area (Å²) in [5.41, 5.74) is 0.231. The summed E-state index contributed by atoms with van der Waals surface area (Å²) in [6, 6.07) is 13.8. The molecule has 0 bridgehead atoms. The number of ether oxygens (including phenoxy) is 2. The normalized spacial score (nSPS) is 12.6. The summed E-state index contributed by atoms with van der Waals surface area (Å²) in [7, 11) is 0. The Morgan fingerprint density at radius 2 is 1.47 bits per heavy atom. The molecule has 0 aromatic heterocycles. The van der Waals surface area contributed by atoms with Crippen LogP contribution in [0.15, 0.2) is 54.6 Å². The summed E-state index contributed by atoms with van der Waals surface area (Å²) in [5, 5.41) is 11.5. The highest BCUT2D eigenvalue weighted by Gasteiger charge is 2.50. The molecule has 2 rings (SSSR count). The molecule has 1 atom stereocenters. The number of hydrogen-bond donors (Lipinski definition) is 2. The van der Waals surface area contributed by atoms with E-state index in [4.69, 9.17) is 9.47 Å². The van der Waals surface area contributed by atoms with Crippen molar-refractivity contribution in [2.24, 2.45) is 0 Å². The van der Waals surface area contributed by atoms with Crippen LogP contribution in [0.4, 0.5) is 10.1 Å². The van der Waals surface area contributed by atoms with Crippen molar-refractivity contribution >= 4 is 17.6 Å². The van der Waals surface area contributed by atoms with Crippen LogP contribution in [0.2, 0.25) is 0 Å². The molecular weight excluding hydrogens is 413 g/mol. The largest absolute Gasteiger partial charge is 0.494 e. The third kappa shape index (κ3) is 8.21. The molecule has 0 radical (unpaired) electrons. The van der Waals surface area contributed by atoms with Gasteiger partial charge < -0.3 is 19.9 Å². The number of halogens is 1. The fourth-order valence-corrected chi connectivity index (χ4v) is 3.11. The average Bonchev–Trinajstić information content (AvgIpc) is 2.79. The van der Waals surface area contributed by atoms with Crippen molar-refractivity contribution in [3.63, 3.8) is 0 Å². The minimum atomic E-state index is -3.56. The lowest BCUT2D eigenvalue weighted by Gasteiger charge is -2.21. The maximum Gasteiger partial charge on any atom is 0.425 e.